The molecular weight excluding hydrogens is 362 g/mol. The third-order valence-electron chi connectivity index (χ3n) is 6.48. The maximum absolute atomic E-state index is 13.1. The number of rotatable bonds is 3. The third-order valence-corrected chi connectivity index (χ3v) is 6.48. The van der Waals surface area contributed by atoms with E-state index in [-0.39, 0.29) is 5.91 Å². The minimum absolute atomic E-state index is 0.0310. The van der Waals surface area contributed by atoms with Gasteiger partial charge in [-0.25, -0.2) is 0 Å². The fourth-order valence-corrected chi connectivity index (χ4v) is 5.09. The van der Waals surface area contributed by atoms with Crippen LogP contribution in [0.1, 0.15) is 27.7 Å². The van der Waals surface area contributed by atoms with Gasteiger partial charge in [-0.1, -0.05) is 59.8 Å². The summed E-state index contributed by atoms with van der Waals surface area (Å²) in [6, 6.07) is 20.5. The average molecular weight is 387 g/mol. The molecule has 1 amide bonds. The van der Waals surface area contributed by atoms with E-state index in [1.807, 2.05) is 35.2 Å². The lowest BCUT2D eigenvalue weighted by Crippen LogP contribution is -2.33. The molecule has 0 bridgehead atoms. The molecule has 5 heteroatoms. The van der Waals surface area contributed by atoms with Crippen LogP contribution in [0.4, 0.5) is 0 Å². The minimum Gasteiger partial charge on any atom is -0.355 e. The zero-order chi connectivity index (χ0) is 20.0. The second-order valence-corrected chi connectivity index (χ2v) is 8.32. The van der Waals surface area contributed by atoms with Crippen molar-refractivity contribution >= 4 is 5.91 Å². The van der Waals surface area contributed by atoms with E-state index >= 15 is 0 Å². The number of hydrogen-bond donors (Lipinski definition) is 0. The predicted molar refractivity (Wildman–Crippen MR) is 111 cm³/mol. The lowest BCUT2D eigenvalue weighted by Gasteiger charge is -2.27. The highest BCUT2D eigenvalue weighted by Crippen LogP contribution is 2.45. The topological polar surface area (TPSA) is 49.6 Å². The van der Waals surface area contributed by atoms with Gasteiger partial charge in [-0.3, -0.25) is 9.69 Å². The summed E-state index contributed by atoms with van der Waals surface area (Å²) in [6.07, 6.45) is 0. The van der Waals surface area contributed by atoms with Crippen molar-refractivity contribution in [3.05, 3.63) is 77.5 Å². The molecule has 1 aromatic heterocycles. The van der Waals surface area contributed by atoms with Crippen LogP contribution in [0.3, 0.4) is 0 Å². The molecule has 0 spiro atoms. The van der Waals surface area contributed by atoms with Crippen LogP contribution >= 0.6 is 0 Å². The third kappa shape index (κ3) is 3.15. The molecule has 2 aliphatic heterocycles. The van der Waals surface area contributed by atoms with E-state index in [1.165, 1.54) is 11.1 Å². The molecule has 5 nitrogen and oxygen atoms in total. The molecule has 3 heterocycles. The van der Waals surface area contributed by atoms with Crippen molar-refractivity contribution < 1.29 is 9.32 Å². The van der Waals surface area contributed by atoms with Crippen LogP contribution in [0.5, 0.6) is 0 Å². The molecule has 3 atom stereocenters. The fraction of sp³-hybridized carbons (Fsp3) is 0.333. The van der Waals surface area contributed by atoms with Gasteiger partial charge in [0.25, 0.3) is 5.91 Å². The lowest BCUT2D eigenvalue weighted by atomic mass is 9.88. The Labute approximate surface area is 170 Å². The number of carbonyl (C=O) groups is 1. The first kappa shape index (κ1) is 18.1. The van der Waals surface area contributed by atoms with Crippen molar-refractivity contribution in [1.29, 1.82) is 0 Å². The van der Waals surface area contributed by atoms with E-state index in [9.17, 15) is 4.79 Å². The van der Waals surface area contributed by atoms with Crippen molar-refractivity contribution in [3.63, 3.8) is 0 Å². The number of amides is 1. The van der Waals surface area contributed by atoms with E-state index in [1.54, 1.807) is 6.07 Å². The van der Waals surface area contributed by atoms with Crippen molar-refractivity contribution in [2.75, 3.05) is 26.7 Å². The van der Waals surface area contributed by atoms with Crippen LogP contribution < -0.4 is 0 Å². The van der Waals surface area contributed by atoms with E-state index < -0.39 is 0 Å². The summed E-state index contributed by atoms with van der Waals surface area (Å²) in [4.78, 5) is 17.5. The Morgan fingerprint density at radius 2 is 1.79 bits per heavy atom. The molecule has 2 aromatic carbocycles. The molecule has 29 heavy (non-hydrogen) atoms. The van der Waals surface area contributed by atoms with Gasteiger partial charge in [-0.15, -0.1) is 0 Å². The van der Waals surface area contributed by atoms with Gasteiger partial charge < -0.3 is 9.42 Å². The smallest absolute Gasteiger partial charge is 0.276 e. The first-order valence-electron chi connectivity index (χ1n) is 10.2. The highest BCUT2D eigenvalue weighted by Gasteiger charge is 2.47. The van der Waals surface area contributed by atoms with Crippen molar-refractivity contribution in [2.24, 2.45) is 11.8 Å². The standard InChI is InChI=1S/C24H25N3O2/c1-16-8-6-7-11-19(16)23-20-15-27(14-18(20)13-26(23)2)24(28)21-12-22(29-25-21)17-9-4-3-5-10-17/h3-12,18,20,23H,13-15H2,1-2H3/t18-,20+,23+/m0/s1. The minimum atomic E-state index is -0.0310. The van der Waals surface area contributed by atoms with E-state index in [0.717, 1.165) is 25.2 Å². The summed E-state index contributed by atoms with van der Waals surface area (Å²) >= 11 is 0. The van der Waals surface area contributed by atoms with Gasteiger partial charge in [0.2, 0.25) is 0 Å². The van der Waals surface area contributed by atoms with E-state index in [4.69, 9.17) is 4.52 Å². The van der Waals surface area contributed by atoms with Gasteiger partial charge >= 0.3 is 0 Å². The molecule has 0 unspecified atom stereocenters. The molecule has 0 saturated carbocycles. The first-order chi connectivity index (χ1) is 14.1. The second-order valence-electron chi connectivity index (χ2n) is 8.32. The van der Waals surface area contributed by atoms with Crippen LogP contribution in [0.2, 0.25) is 0 Å². The maximum atomic E-state index is 13.1. The van der Waals surface area contributed by atoms with Gasteiger partial charge in [-0.2, -0.15) is 0 Å². The summed E-state index contributed by atoms with van der Waals surface area (Å²) in [5.41, 5.74) is 4.02. The Balaban J connectivity index is 1.35. The largest absolute Gasteiger partial charge is 0.355 e. The van der Waals surface area contributed by atoms with Crippen LogP contribution in [0.25, 0.3) is 11.3 Å². The van der Waals surface area contributed by atoms with Crippen LogP contribution in [-0.2, 0) is 0 Å². The van der Waals surface area contributed by atoms with Crippen LogP contribution in [-0.4, -0.2) is 47.5 Å². The quantitative estimate of drug-likeness (QED) is 0.681. The van der Waals surface area contributed by atoms with Gasteiger partial charge in [0.1, 0.15) is 0 Å². The number of hydrogen-bond acceptors (Lipinski definition) is 4. The summed E-state index contributed by atoms with van der Waals surface area (Å²) in [6.45, 7) is 4.74. The number of nitrogens with zero attached hydrogens (tertiary/aromatic N) is 3. The number of likely N-dealkylation sites (tertiary alicyclic amines) is 2. The molecule has 2 saturated heterocycles. The summed E-state index contributed by atoms with van der Waals surface area (Å²) in [5, 5.41) is 4.06. The molecule has 3 aromatic rings. The number of aromatic nitrogens is 1. The molecule has 148 valence electrons. The van der Waals surface area contributed by atoms with Gasteiger partial charge in [-0.05, 0) is 31.0 Å². The molecule has 5 rings (SSSR count). The van der Waals surface area contributed by atoms with Crippen LogP contribution in [0.15, 0.2) is 65.2 Å². The fourth-order valence-electron chi connectivity index (χ4n) is 5.09. The molecule has 2 fully saturated rings. The van der Waals surface area contributed by atoms with Crippen molar-refractivity contribution in [3.8, 4) is 11.3 Å². The SMILES string of the molecule is Cc1ccccc1[C@@H]1[C@@H]2CN(C(=O)c3cc(-c4ccccc4)on3)C[C@@H]2CN1C. The number of benzene rings is 2. The van der Waals surface area contributed by atoms with Gasteiger partial charge in [0.05, 0.1) is 0 Å². The zero-order valence-electron chi connectivity index (χ0n) is 16.8. The summed E-state index contributed by atoms with van der Waals surface area (Å²) < 4.78 is 5.44. The number of aryl methyl sites for hydroxylation is 1. The Morgan fingerprint density at radius 1 is 1.03 bits per heavy atom. The first-order valence-corrected chi connectivity index (χ1v) is 10.2. The molecule has 0 radical (unpaired) electrons. The van der Waals surface area contributed by atoms with E-state index in [2.05, 4.69) is 48.3 Å². The average Bonchev–Trinajstić information content (AvgIpc) is 3.44. The molecule has 0 aliphatic carbocycles. The number of carbonyl (C=O) groups excluding carboxylic acids is 1. The molecule has 2 aliphatic rings. The highest BCUT2D eigenvalue weighted by molar-refractivity contribution is 5.93. The molecule has 0 N–H and O–H groups in total. The van der Waals surface area contributed by atoms with Crippen molar-refractivity contribution in [1.82, 2.24) is 15.0 Å². The van der Waals surface area contributed by atoms with E-state index in [0.29, 0.717) is 29.3 Å². The van der Waals surface area contributed by atoms with Gasteiger partial charge in [0, 0.05) is 43.2 Å². The summed E-state index contributed by atoms with van der Waals surface area (Å²) in [5.74, 6) is 1.54. The second kappa shape index (κ2) is 7.16. The maximum Gasteiger partial charge on any atom is 0.276 e. The van der Waals surface area contributed by atoms with Gasteiger partial charge in [0.15, 0.2) is 11.5 Å². The Morgan fingerprint density at radius 3 is 2.59 bits per heavy atom. The predicted octanol–water partition coefficient (Wildman–Crippen LogP) is 4.02. The molecular formula is C24H25N3O2. The number of fused-ring (bicyclic) bond motifs is 1. The Kier molecular flexibility index (Phi) is 4.47. The normalized spacial score (nSPS) is 24.1. The van der Waals surface area contributed by atoms with Crippen molar-refractivity contribution in [2.45, 2.75) is 13.0 Å². The lowest BCUT2D eigenvalue weighted by molar-refractivity contribution is 0.0757. The Bertz CT molecular complexity index is 1030. The highest BCUT2D eigenvalue weighted by atomic mass is 16.5. The zero-order valence-corrected chi connectivity index (χ0v) is 16.8. The summed E-state index contributed by atoms with van der Waals surface area (Å²) in [7, 11) is 2.20. The van der Waals surface area contributed by atoms with Crippen LogP contribution in [0, 0.1) is 18.8 Å². The monoisotopic (exact) mass is 387 g/mol. The Hall–Kier alpha value is -2.92.